The van der Waals surface area contributed by atoms with E-state index in [4.69, 9.17) is 11.6 Å². The molecule has 1 atom stereocenters. The number of thioether (sulfide) groups is 1. The highest BCUT2D eigenvalue weighted by atomic mass is 35.5. The number of hydrogen-bond donors (Lipinski definition) is 1. The average Bonchev–Trinajstić information content (AvgIpc) is 2.69. The molecular formula is C21H24ClNO2S. The van der Waals surface area contributed by atoms with Gasteiger partial charge in [-0.15, -0.1) is 11.8 Å². The van der Waals surface area contributed by atoms with Crippen molar-refractivity contribution in [3.63, 3.8) is 0 Å². The van der Waals surface area contributed by atoms with Crippen molar-refractivity contribution in [3.8, 4) is 0 Å². The summed E-state index contributed by atoms with van der Waals surface area (Å²) >= 11 is 7.52. The molecule has 1 saturated heterocycles. The number of nitrogens with zero attached hydrogens (tertiary/aromatic N) is 1. The van der Waals surface area contributed by atoms with Crippen molar-refractivity contribution >= 4 is 29.3 Å². The van der Waals surface area contributed by atoms with Gasteiger partial charge >= 0.3 is 0 Å². The van der Waals surface area contributed by atoms with Crippen LogP contribution in [0.15, 0.2) is 54.6 Å². The minimum absolute atomic E-state index is 0.191. The Kier molecular flexibility index (Phi) is 7.00. The molecule has 2 aromatic carbocycles. The lowest BCUT2D eigenvalue weighted by Gasteiger charge is -2.34. The van der Waals surface area contributed by atoms with Crippen LogP contribution in [0.4, 0.5) is 0 Å². The van der Waals surface area contributed by atoms with Crippen molar-refractivity contribution in [2.75, 3.05) is 18.8 Å². The van der Waals surface area contributed by atoms with E-state index in [1.165, 1.54) is 5.56 Å². The standard InChI is InChI=1S/C21H24ClNO2S/c22-19-8-6-16(7-9-19)14-26-15-20(24)23-12-10-18(11-13-23)21(25)17-4-2-1-3-5-17/h1-9,18,21,25H,10-15H2. The number of carbonyl (C=O) groups excluding carboxylic acids is 1. The van der Waals surface area contributed by atoms with E-state index in [9.17, 15) is 9.90 Å². The van der Waals surface area contributed by atoms with E-state index in [1.807, 2.05) is 59.5 Å². The number of hydrogen-bond acceptors (Lipinski definition) is 3. The third-order valence-corrected chi connectivity index (χ3v) is 6.13. The molecule has 0 spiro atoms. The van der Waals surface area contributed by atoms with Crippen LogP contribution in [0.5, 0.6) is 0 Å². The number of aliphatic hydroxyl groups excluding tert-OH is 1. The fourth-order valence-electron chi connectivity index (χ4n) is 3.32. The number of benzene rings is 2. The monoisotopic (exact) mass is 389 g/mol. The molecule has 1 aliphatic rings. The van der Waals surface area contributed by atoms with Crippen molar-refractivity contribution in [2.45, 2.75) is 24.7 Å². The summed E-state index contributed by atoms with van der Waals surface area (Å²) in [6.45, 7) is 1.46. The SMILES string of the molecule is O=C(CSCc1ccc(Cl)cc1)N1CCC(C(O)c2ccccc2)CC1. The molecule has 1 fully saturated rings. The zero-order valence-electron chi connectivity index (χ0n) is 14.7. The predicted molar refractivity (Wildman–Crippen MR) is 108 cm³/mol. The van der Waals surface area contributed by atoms with E-state index in [1.54, 1.807) is 11.8 Å². The summed E-state index contributed by atoms with van der Waals surface area (Å²) in [5, 5.41) is 11.3. The molecular weight excluding hydrogens is 366 g/mol. The van der Waals surface area contributed by atoms with Gasteiger partial charge < -0.3 is 10.0 Å². The summed E-state index contributed by atoms with van der Waals surface area (Å²) in [5.74, 6) is 1.72. The number of amides is 1. The Labute approximate surface area is 164 Å². The normalized spacial score (nSPS) is 16.5. The highest BCUT2D eigenvalue weighted by Crippen LogP contribution is 2.30. The first-order chi connectivity index (χ1) is 12.6. The molecule has 1 heterocycles. The molecule has 1 N–H and O–H groups in total. The van der Waals surface area contributed by atoms with Crippen LogP contribution >= 0.6 is 23.4 Å². The van der Waals surface area contributed by atoms with E-state index >= 15 is 0 Å². The highest BCUT2D eigenvalue weighted by molar-refractivity contribution is 7.99. The van der Waals surface area contributed by atoms with Gasteiger partial charge in [-0.2, -0.15) is 0 Å². The number of carbonyl (C=O) groups is 1. The first-order valence-electron chi connectivity index (χ1n) is 8.96. The van der Waals surface area contributed by atoms with E-state index < -0.39 is 6.10 Å². The van der Waals surface area contributed by atoms with Gasteiger partial charge in [0.25, 0.3) is 0 Å². The summed E-state index contributed by atoms with van der Waals surface area (Å²) < 4.78 is 0. The maximum atomic E-state index is 12.4. The van der Waals surface area contributed by atoms with Gasteiger partial charge in [-0.25, -0.2) is 0 Å². The summed E-state index contributed by atoms with van der Waals surface area (Å²) in [4.78, 5) is 14.3. The van der Waals surface area contributed by atoms with E-state index in [0.717, 1.165) is 42.3 Å². The van der Waals surface area contributed by atoms with Gasteiger partial charge in [0, 0.05) is 23.9 Å². The molecule has 1 unspecified atom stereocenters. The Balaban J connectivity index is 1.41. The average molecular weight is 390 g/mol. The van der Waals surface area contributed by atoms with Gasteiger partial charge in [0.15, 0.2) is 0 Å². The maximum Gasteiger partial charge on any atom is 0.232 e. The topological polar surface area (TPSA) is 40.5 Å². The number of piperidine rings is 1. The Morgan fingerprint density at radius 2 is 1.77 bits per heavy atom. The molecule has 0 aromatic heterocycles. The lowest BCUT2D eigenvalue weighted by Crippen LogP contribution is -2.40. The van der Waals surface area contributed by atoms with Crippen LogP contribution in [0, 0.1) is 5.92 Å². The lowest BCUT2D eigenvalue weighted by atomic mass is 9.87. The Morgan fingerprint density at radius 1 is 1.12 bits per heavy atom. The molecule has 0 aliphatic carbocycles. The van der Waals surface area contributed by atoms with Gasteiger partial charge in [-0.3, -0.25) is 4.79 Å². The van der Waals surface area contributed by atoms with E-state index in [-0.39, 0.29) is 11.8 Å². The smallest absolute Gasteiger partial charge is 0.232 e. The molecule has 3 nitrogen and oxygen atoms in total. The van der Waals surface area contributed by atoms with Gasteiger partial charge in [0.05, 0.1) is 11.9 Å². The third kappa shape index (κ3) is 5.26. The van der Waals surface area contributed by atoms with Crippen molar-refractivity contribution in [1.82, 2.24) is 4.90 Å². The molecule has 3 rings (SSSR count). The maximum absolute atomic E-state index is 12.4. The van der Waals surface area contributed by atoms with Crippen molar-refractivity contribution in [2.24, 2.45) is 5.92 Å². The van der Waals surface area contributed by atoms with Gasteiger partial charge in [-0.1, -0.05) is 54.1 Å². The minimum Gasteiger partial charge on any atom is -0.388 e. The van der Waals surface area contributed by atoms with E-state index in [0.29, 0.717) is 5.75 Å². The first kappa shape index (κ1) is 19.3. The molecule has 26 heavy (non-hydrogen) atoms. The van der Waals surface area contributed by atoms with Crippen molar-refractivity contribution in [3.05, 3.63) is 70.7 Å². The second kappa shape index (κ2) is 9.45. The molecule has 0 bridgehead atoms. The lowest BCUT2D eigenvalue weighted by molar-refractivity contribution is -0.130. The fraction of sp³-hybridized carbons (Fsp3) is 0.381. The van der Waals surface area contributed by atoms with Gasteiger partial charge in [0.1, 0.15) is 0 Å². The fourth-order valence-corrected chi connectivity index (χ4v) is 4.33. The van der Waals surface area contributed by atoms with E-state index in [2.05, 4.69) is 0 Å². The third-order valence-electron chi connectivity index (χ3n) is 4.89. The molecule has 1 amide bonds. The number of halogens is 1. The Morgan fingerprint density at radius 3 is 2.42 bits per heavy atom. The quantitative estimate of drug-likeness (QED) is 0.788. The van der Waals surface area contributed by atoms with Crippen LogP contribution in [0.1, 0.15) is 30.1 Å². The molecule has 0 saturated carbocycles. The largest absolute Gasteiger partial charge is 0.388 e. The van der Waals surface area contributed by atoms with Gasteiger partial charge in [-0.05, 0) is 42.0 Å². The number of aliphatic hydroxyl groups is 1. The summed E-state index contributed by atoms with van der Waals surface area (Å²) in [6.07, 6.45) is 1.26. The second-order valence-corrected chi connectivity index (χ2v) is 8.12. The molecule has 5 heteroatoms. The second-order valence-electron chi connectivity index (χ2n) is 6.69. The van der Waals surface area contributed by atoms with Crippen LogP contribution in [0.2, 0.25) is 5.02 Å². The van der Waals surface area contributed by atoms with Crippen LogP contribution in [0.3, 0.4) is 0 Å². The summed E-state index contributed by atoms with van der Waals surface area (Å²) in [5.41, 5.74) is 2.15. The number of rotatable bonds is 6. The minimum atomic E-state index is -0.437. The van der Waals surface area contributed by atoms with Crippen molar-refractivity contribution < 1.29 is 9.90 Å². The Hall–Kier alpha value is -1.49. The Bertz CT molecular complexity index is 700. The zero-order chi connectivity index (χ0) is 18.4. The molecule has 1 aliphatic heterocycles. The van der Waals surface area contributed by atoms with Gasteiger partial charge in [0.2, 0.25) is 5.91 Å². The highest BCUT2D eigenvalue weighted by Gasteiger charge is 2.28. The van der Waals surface area contributed by atoms with Crippen LogP contribution in [-0.4, -0.2) is 34.8 Å². The number of likely N-dealkylation sites (tertiary alicyclic amines) is 1. The molecule has 2 aromatic rings. The summed E-state index contributed by atoms with van der Waals surface area (Å²) in [6, 6.07) is 17.5. The predicted octanol–water partition coefficient (Wildman–Crippen LogP) is 4.55. The van der Waals surface area contributed by atoms with Crippen LogP contribution < -0.4 is 0 Å². The van der Waals surface area contributed by atoms with Crippen LogP contribution in [-0.2, 0) is 10.5 Å². The zero-order valence-corrected chi connectivity index (χ0v) is 16.3. The summed E-state index contributed by atoms with van der Waals surface area (Å²) in [7, 11) is 0. The van der Waals surface area contributed by atoms with Crippen LogP contribution in [0.25, 0.3) is 0 Å². The first-order valence-corrected chi connectivity index (χ1v) is 10.5. The van der Waals surface area contributed by atoms with Crippen molar-refractivity contribution in [1.29, 1.82) is 0 Å². The molecule has 0 radical (unpaired) electrons. The molecule has 138 valence electrons.